The Morgan fingerprint density at radius 2 is 1.91 bits per heavy atom. The quantitative estimate of drug-likeness (QED) is 0.764. The van der Waals surface area contributed by atoms with Gasteiger partial charge in [0.05, 0.1) is 11.6 Å². The highest BCUT2D eigenvalue weighted by Gasteiger charge is 2.03. The van der Waals surface area contributed by atoms with Gasteiger partial charge in [0.25, 0.3) is 0 Å². The molecule has 0 aliphatic carbocycles. The molecule has 0 spiro atoms. The molecule has 1 aromatic rings. The normalized spacial score (nSPS) is 11.1. The molecule has 0 amide bonds. The molecule has 1 aromatic carbocycles. The maximum atomic E-state index is 8.80. The molecular formula is C20H24N2. The zero-order valence-corrected chi connectivity index (χ0v) is 14.0. The molecule has 22 heavy (non-hydrogen) atoms. The first-order chi connectivity index (χ1) is 10.3. The summed E-state index contributed by atoms with van der Waals surface area (Å²) in [7, 11) is 2.05. The zero-order chi connectivity index (χ0) is 16.6. The first-order valence-corrected chi connectivity index (χ1v) is 7.36. The molecule has 0 unspecified atom stereocenters. The van der Waals surface area contributed by atoms with Crippen molar-refractivity contribution in [3.05, 3.63) is 54.1 Å². The maximum Gasteiger partial charge on any atom is 0.0991 e. The summed E-state index contributed by atoms with van der Waals surface area (Å²) < 4.78 is 0. The van der Waals surface area contributed by atoms with Gasteiger partial charge in [-0.2, -0.15) is 5.26 Å². The fraction of sp³-hybridized carbons (Fsp3) is 0.350. The van der Waals surface area contributed by atoms with Crippen LogP contribution in [0.5, 0.6) is 0 Å². The van der Waals surface area contributed by atoms with E-state index in [1.54, 1.807) is 0 Å². The third kappa shape index (κ3) is 6.93. The standard InChI is InChI=1S/C20H24N2/c1-17(19-11-9-18(15-21)10-12-19)16-22(5)14-8-6-7-13-20(2,3)4/h6,8-12H,1,14,16H2,2-5H3/b8-6+. The first-order valence-electron chi connectivity index (χ1n) is 7.36. The van der Waals surface area contributed by atoms with E-state index in [0.717, 1.165) is 24.2 Å². The fourth-order valence-corrected chi connectivity index (χ4v) is 1.81. The van der Waals surface area contributed by atoms with Crippen molar-refractivity contribution in [1.82, 2.24) is 4.90 Å². The van der Waals surface area contributed by atoms with Gasteiger partial charge in [0, 0.05) is 18.5 Å². The number of benzene rings is 1. The Hall–Kier alpha value is -2.29. The minimum absolute atomic E-state index is 0.0418. The van der Waals surface area contributed by atoms with Crippen molar-refractivity contribution in [3.8, 4) is 17.9 Å². The molecule has 0 aliphatic heterocycles. The summed E-state index contributed by atoms with van der Waals surface area (Å²) in [4.78, 5) is 2.18. The average Bonchev–Trinajstić information content (AvgIpc) is 2.45. The predicted octanol–water partition coefficient (Wildman–Crippen LogP) is 4.11. The van der Waals surface area contributed by atoms with E-state index in [9.17, 15) is 0 Å². The summed E-state index contributed by atoms with van der Waals surface area (Å²) >= 11 is 0. The van der Waals surface area contributed by atoms with Crippen molar-refractivity contribution >= 4 is 5.57 Å². The molecule has 0 aromatic heterocycles. The number of nitriles is 1. The van der Waals surface area contributed by atoms with Crippen molar-refractivity contribution in [3.63, 3.8) is 0 Å². The molecule has 0 aliphatic rings. The lowest BCUT2D eigenvalue weighted by Gasteiger charge is -2.16. The number of nitrogens with zero attached hydrogens (tertiary/aromatic N) is 2. The van der Waals surface area contributed by atoms with Crippen molar-refractivity contribution in [2.45, 2.75) is 20.8 Å². The van der Waals surface area contributed by atoms with E-state index in [2.05, 4.69) is 63.3 Å². The van der Waals surface area contributed by atoms with Gasteiger partial charge in [0.15, 0.2) is 0 Å². The summed E-state index contributed by atoms with van der Waals surface area (Å²) in [6.07, 6.45) is 3.97. The zero-order valence-electron chi connectivity index (χ0n) is 14.0. The van der Waals surface area contributed by atoms with Crippen LogP contribution < -0.4 is 0 Å². The Kier molecular flexibility index (Phi) is 6.64. The van der Waals surface area contributed by atoms with Crippen molar-refractivity contribution in [1.29, 1.82) is 5.26 Å². The van der Waals surface area contributed by atoms with E-state index >= 15 is 0 Å². The SMILES string of the molecule is C=C(CN(C)C/C=C/C#CC(C)(C)C)c1ccc(C#N)cc1. The molecule has 2 heteroatoms. The summed E-state index contributed by atoms with van der Waals surface area (Å²) in [5.41, 5.74) is 2.83. The van der Waals surface area contributed by atoms with Gasteiger partial charge < -0.3 is 0 Å². The van der Waals surface area contributed by atoms with Gasteiger partial charge in [0.1, 0.15) is 0 Å². The third-order valence-electron chi connectivity index (χ3n) is 2.95. The molecule has 1 rings (SSSR count). The highest BCUT2D eigenvalue weighted by molar-refractivity contribution is 5.65. The number of hydrogen-bond donors (Lipinski definition) is 0. The van der Waals surface area contributed by atoms with Crippen LogP contribution in [0.2, 0.25) is 0 Å². The maximum absolute atomic E-state index is 8.80. The predicted molar refractivity (Wildman–Crippen MR) is 94.1 cm³/mol. The molecule has 0 N–H and O–H groups in total. The van der Waals surface area contributed by atoms with Crippen LogP contribution in [-0.4, -0.2) is 25.0 Å². The number of rotatable bonds is 5. The lowest BCUT2D eigenvalue weighted by Crippen LogP contribution is -2.20. The summed E-state index contributed by atoms with van der Waals surface area (Å²) in [5.74, 6) is 6.24. The Morgan fingerprint density at radius 1 is 1.27 bits per heavy atom. The molecule has 0 atom stereocenters. The van der Waals surface area contributed by atoms with E-state index in [4.69, 9.17) is 5.26 Å². The van der Waals surface area contributed by atoms with Crippen molar-refractivity contribution in [2.24, 2.45) is 5.41 Å². The van der Waals surface area contributed by atoms with Crippen molar-refractivity contribution < 1.29 is 0 Å². The topological polar surface area (TPSA) is 27.0 Å². The Bertz CT molecular complexity index is 626. The minimum atomic E-state index is 0.0418. The molecule has 0 saturated heterocycles. The van der Waals surface area contributed by atoms with Crippen LogP contribution in [0.15, 0.2) is 43.0 Å². The summed E-state index contributed by atoms with van der Waals surface area (Å²) in [5, 5.41) is 8.80. The second kappa shape index (κ2) is 8.23. The lowest BCUT2D eigenvalue weighted by atomic mass is 9.98. The Labute approximate surface area is 134 Å². The van der Waals surface area contributed by atoms with Gasteiger partial charge in [-0.1, -0.05) is 36.6 Å². The van der Waals surface area contributed by atoms with Gasteiger partial charge in [-0.25, -0.2) is 0 Å². The molecule has 0 heterocycles. The average molecular weight is 292 g/mol. The highest BCUT2D eigenvalue weighted by atomic mass is 15.1. The Morgan fingerprint density at radius 3 is 2.45 bits per heavy atom. The van der Waals surface area contributed by atoms with Crippen LogP contribution in [0.25, 0.3) is 5.57 Å². The minimum Gasteiger partial charge on any atom is -0.298 e. The molecule has 0 radical (unpaired) electrons. The second-order valence-corrected chi connectivity index (χ2v) is 6.41. The van der Waals surface area contributed by atoms with Crippen LogP contribution in [-0.2, 0) is 0 Å². The van der Waals surface area contributed by atoms with Gasteiger partial charge in [-0.05, 0) is 57.2 Å². The molecule has 114 valence electrons. The summed E-state index contributed by atoms with van der Waals surface area (Å²) in [6.45, 7) is 12.0. The number of likely N-dealkylation sites (N-methyl/N-ethyl adjacent to an activating group) is 1. The van der Waals surface area contributed by atoms with E-state index in [-0.39, 0.29) is 5.41 Å². The molecule has 2 nitrogen and oxygen atoms in total. The largest absolute Gasteiger partial charge is 0.298 e. The van der Waals surface area contributed by atoms with Crippen molar-refractivity contribution in [2.75, 3.05) is 20.1 Å². The molecule has 0 saturated carbocycles. The highest BCUT2D eigenvalue weighted by Crippen LogP contribution is 2.14. The smallest absolute Gasteiger partial charge is 0.0991 e. The number of allylic oxidation sites excluding steroid dienone is 1. The van der Waals surface area contributed by atoms with Crippen LogP contribution in [0, 0.1) is 28.6 Å². The van der Waals surface area contributed by atoms with E-state index in [1.807, 2.05) is 30.3 Å². The third-order valence-corrected chi connectivity index (χ3v) is 2.95. The van der Waals surface area contributed by atoms with E-state index < -0.39 is 0 Å². The van der Waals surface area contributed by atoms with Gasteiger partial charge >= 0.3 is 0 Å². The summed E-state index contributed by atoms with van der Waals surface area (Å²) in [6, 6.07) is 9.65. The van der Waals surface area contributed by atoms with Gasteiger partial charge in [-0.15, -0.1) is 0 Å². The molecule has 0 bridgehead atoms. The number of hydrogen-bond acceptors (Lipinski definition) is 2. The van der Waals surface area contributed by atoms with Gasteiger partial charge in [0.2, 0.25) is 0 Å². The van der Waals surface area contributed by atoms with Crippen LogP contribution in [0.1, 0.15) is 31.9 Å². The van der Waals surface area contributed by atoms with Crippen LogP contribution in [0.4, 0.5) is 0 Å². The van der Waals surface area contributed by atoms with Crippen LogP contribution in [0.3, 0.4) is 0 Å². The van der Waals surface area contributed by atoms with E-state index in [1.165, 1.54) is 0 Å². The first kappa shape index (κ1) is 17.8. The molecular weight excluding hydrogens is 268 g/mol. The van der Waals surface area contributed by atoms with Gasteiger partial charge in [-0.3, -0.25) is 4.90 Å². The second-order valence-electron chi connectivity index (χ2n) is 6.41. The van der Waals surface area contributed by atoms with Crippen LogP contribution >= 0.6 is 0 Å². The fourth-order valence-electron chi connectivity index (χ4n) is 1.81. The molecule has 0 fully saturated rings. The van der Waals surface area contributed by atoms with E-state index in [0.29, 0.717) is 5.56 Å². The lowest BCUT2D eigenvalue weighted by molar-refractivity contribution is 0.419. The monoisotopic (exact) mass is 292 g/mol. The Balaban J connectivity index is 2.48.